The summed E-state index contributed by atoms with van der Waals surface area (Å²) in [5.74, 6) is 1.01. The fourth-order valence-corrected chi connectivity index (χ4v) is 14.2. The Morgan fingerprint density at radius 1 is 0.731 bits per heavy atom. The van der Waals surface area contributed by atoms with Crippen LogP contribution in [0.3, 0.4) is 0 Å². The van der Waals surface area contributed by atoms with Crippen molar-refractivity contribution < 1.29 is 59.1 Å². The predicted molar refractivity (Wildman–Crippen MR) is 186 cm³/mol. The minimum absolute atomic E-state index is 0.000641. The summed E-state index contributed by atoms with van der Waals surface area (Å²) >= 11 is 0. The Morgan fingerprint density at radius 2 is 1.46 bits per heavy atom. The highest BCUT2D eigenvalue weighted by Gasteiger charge is 2.85. The van der Waals surface area contributed by atoms with Crippen molar-refractivity contribution in [3.8, 4) is 0 Å². The topological polar surface area (TPSA) is 177 Å². The monoisotopic (exact) mass is 738 g/mol. The van der Waals surface area contributed by atoms with Crippen molar-refractivity contribution in [2.75, 3.05) is 13.2 Å². The Bertz CT molecular complexity index is 1330. The Hall–Kier alpha value is -0.480. The van der Waals surface area contributed by atoms with Crippen molar-refractivity contribution in [1.82, 2.24) is 0 Å². The molecule has 6 N–H and O–H groups in total. The quantitative estimate of drug-likeness (QED) is 0.211. The summed E-state index contributed by atoms with van der Waals surface area (Å²) in [7, 11) is 0. The van der Waals surface area contributed by atoms with Gasteiger partial charge in [0.05, 0.1) is 31.0 Å². The second-order valence-electron chi connectivity index (χ2n) is 19.4. The van der Waals surface area contributed by atoms with E-state index in [9.17, 15) is 30.6 Å². The zero-order valence-electron chi connectivity index (χ0n) is 32.2. The van der Waals surface area contributed by atoms with Gasteiger partial charge in [-0.3, -0.25) is 0 Å². The average Bonchev–Trinajstić information content (AvgIpc) is 3.70. The van der Waals surface area contributed by atoms with Gasteiger partial charge in [0.2, 0.25) is 0 Å². The third-order valence-electron chi connectivity index (χ3n) is 17.0. The molecule has 0 aromatic carbocycles. The van der Waals surface area contributed by atoms with Crippen LogP contribution in [0, 0.1) is 50.7 Å². The first-order valence-corrected chi connectivity index (χ1v) is 20.4. The summed E-state index contributed by atoms with van der Waals surface area (Å²) in [5.41, 5.74) is -0.451. The van der Waals surface area contributed by atoms with Crippen LogP contribution in [0.4, 0.5) is 0 Å². The maximum atomic E-state index is 11.3. The van der Waals surface area contributed by atoms with Crippen molar-refractivity contribution in [3.63, 3.8) is 0 Å². The van der Waals surface area contributed by atoms with Crippen LogP contribution in [0.2, 0.25) is 0 Å². The molecule has 3 aliphatic heterocycles. The van der Waals surface area contributed by atoms with Crippen LogP contribution in [0.5, 0.6) is 0 Å². The molecule has 298 valence electrons. The van der Waals surface area contributed by atoms with E-state index in [0.717, 1.165) is 44.9 Å². The second-order valence-corrected chi connectivity index (χ2v) is 19.4. The molecular weight excluding hydrogens is 672 g/mol. The first-order valence-electron chi connectivity index (χ1n) is 20.4. The van der Waals surface area contributed by atoms with Gasteiger partial charge >= 0.3 is 0 Å². The van der Waals surface area contributed by atoms with Gasteiger partial charge in [-0.1, -0.05) is 41.5 Å². The molecule has 8 fully saturated rings. The Kier molecular flexibility index (Phi) is 9.62. The highest BCUT2D eigenvalue weighted by atomic mass is 16.7. The highest BCUT2D eigenvalue weighted by Crippen LogP contribution is 2.89. The lowest BCUT2D eigenvalue weighted by Gasteiger charge is -2.65. The van der Waals surface area contributed by atoms with Gasteiger partial charge in [-0.05, 0) is 110 Å². The number of fused-ring (bicyclic) bond motifs is 4. The number of hydrogen-bond acceptors (Lipinski definition) is 12. The molecular formula is C40H66O12. The van der Waals surface area contributed by atoms with Gasteiger partial charge < -0.3 is 59.1 Å². The third-order valence-corrected chi connectivity index (χ3v) is 17.0. The van der Waals surface area contributed by atoms with Crippen LogP contribution < -0.4 is 0 Å². The molecule has 3 heterocycles. The van der Waals surface area contributed by atoms with Crippen molar-refractivity contribution in [3.05, 3.63) is 0 Å². The molecule has 12 heteroatoms. The maximum absolute atomic E-state index is 11.3. The molecule has 0 aromatic heterocycles. The number of aliphatic hydroxyl groups is 6. The molecule has 5 aliphatic carbocycles. The van der Waals surface area contributed by atoms with Crippen LogP contribution in [-0.2, 0) is 28.4 Å². The van der Waals surface area contributed by atoms with Crippen LogP contribution >= 0.6 is 0 Å². The maximum Gasteiger partial charge on any atom is 0.186 e. The average molecular weight is 739 g/mol. The number of aliphatic hydroxyl groups excluding tert-OH is 6. The molecule has 21 unspecified atom stereocenters. The molecule has 8 rings (SSSR count). The number of hydrogen-bond donors (Lipinski definition) is 6. The number of rotatable bonds is 7. The largest absolute Gasteiger partial charge is 0.388 e. The van der Waals surface area contributed by atoms with E-state index in [1.54, 1.807) is 0 Å². The normalized spacial score (nSPS) is 59.4. The van der Waals surface area contributed by atoms with Crippen LogP contribution in [0.1, 0.15) is 106 Å². The van der Waals surface area contributed by atoms with Crippen molar-refractivity contribution in [2.24, 2.45) is 50.7 Å². The van der Waals surface area contributed by atoms with Crippen LogP contribution in [0.25, 0.3) is 0 Å². The Labute approximate surface area is 308 Å². The standard InChI is InChI=1S/C40H66O12/c1-8-22-28(43)29(44)31(46)35(49-22)50-23-15-25-36(4,5)26(52-34-30(45)27(42)21(41)17-48-34)10-11-39(25)18-40(39)13-12-37(6)20-14-19(3)33(47-9-2)51-24(20)16-38(37,7)32(23)40/h19-35,41-46H,8-18H2,1-7H3. The predicted octanol–water partition coefficient (Wildman–Crippen LogP) is 2.86. The molecule has 0 radical (unpaired) electrons. The third kappa shape index (κ3) is 5.21. The van der Waals surface area contributed by atoms with Gasteiger partial charge in [-0.15, -0.1) is 0 Å². The minimum atomic E-state index is -1.40. The molecule has 8 aliphatic rings. The molecule has 52 heavy (non-hydrogen) atoms. The summed E-state index contributed by atoms with van der Waals surface area (Å²) in [6.45, 7) is 16.1. The summed E-state index contributed by atoms with van der Waals surface area (Å²) in [5, 5.41) is 64.3. The fourth-order valence-electron chi connectivity index (χ4n) is 14.2. The van der Waals surface area contributed by atoms with Gasteiger partial charge in [0.15, 0.2) is 18.9 Å². The van der Waals surface area contributed by atoms with E-state index in [4.69, 9.17) is 28.4 Å². The summed E-state index contributed by atoms with van der Waals surface area (Å²) in [6, 6.07) is 0. The van der Waals surface area contributed by atoms with Gasteiger partial charge in [0, 0.05) is 12.5 Å². The molecule has 21 atom stereocenters. The first kappa shape index (κ1) is 38.4. The lowest BCUT2D eigenvalue weighted by molar-refractivity contribution is -0.333. The van der Waals surface area contributed by atoms with E-state index in [2.05, 4.69) is 34.6 Å². The molecule has 3 saturated heterocycles. The summed E-state index contributed by atoms with van der Waals surface area (Å²) in [4.78, 5) is 0. The van der Waals surface area contributed by atoms with Crippen LogP contribution in [0.15, 0.2) is 0 Å². The zero-order valence-corrected chi connectivity index (χ0v) is 32.2. The van der Waals surface area contributed by atoms with E-state index in [-0.39, 0.29) is 70.1 Å². The van der Waals surface area contributed by atoms with E-state index in [1.807, 2.05) is 13.8 Å². The van der Waals surface area contributed by atoms with Crippen molar-refractivity contribution in [1.29, 1.82) is 0 Å². The molecule has 2 spiro atoms. The molecule has 0 aromatic rings. The molecule has 0 amide bonds. The van der Waals surface area contributed by atoms with Crippen LogP contribution in [-0.4, -0.2) is 124 Å². The SMILES string of the molecule is CCOC1OC2CC3(C)C4C(OC5OC(CC)C(O)C(O)C5O)CC5C(C)(C)C(OC6OCC(O)C(O)C6O)CCC56CC46CCC3(C)C2CC1C. The van der Waals surface area contributed by atoms with E-state index < -0.39 is 55.3 Å². The molecule has 12 nitrogen and oxygen atoms in total. The van der Waals surface area contributed by atoms with Gasteiger partial charge in [0.1, 0.15) is 36.6 Å². The summed E-state index contributed by atoms with van der Waals surface area (Å²) < 4.78 is 38.6. The van der Waals surface area contributed by atoms with Gasteiger partial charge in [-0.2, -0.15) is 0 Å². The second kappa shape index (κ2) is 13.0. The van der Waals surface area contributed by atoms with Crippen molar-refractivity contribution >= 4 is 0 Å². The Morgan fingerprint density at radius 3 is 2.17 bits per heavy atom. The molecule has 0 bridgehead atoms. The summed E-state index contributed by atoms with van der Waals surface area (Å²) in [6.07, 6.45) is -3.19. The van der Waals surface area contributed by atoms with Crippen molar-refractivity contribution in [2.45, 2.75) is 186 Å². The van der Waals surface area contributed by atoms with Gasteiger partial charge in [-0.25, -0.2) is 0 Å². The molecule has 5 saturated carbocycles. The van der Waals surface area contributed by atoms with E-state index in [1.165, 1.54) is 0 Å². The smallest absolute Gasteiger partial charge is 0.186 e. The minimum Gasteiger partial charge on any atom is -0.388 e. The number of ether oxygens (including phenoxy) is 6. The Balaban J connectivity index is 1.15. The lowest BCUT2D eigenvalue weighted by atomic mass is 9.41. The lowest BCUT2D eigenvalue weighted by Crippen LogP contribution is -2.65. The van der Waals surface area contributed by atoms with Gasteiger partial charge in [0.25, 0.3) is 0 Å². The van der Waals surface area contributed by atoms with E-state index in [0.29, 0.717) is 31.3 Å². The zero-order chi connectivity index (χ0) is 37.3. The highest BCUT2D eigenvalue weighted by molar-refractivity contribution is 5.33. The fraction of sp³-hybridized carbons (Fsp3) is 1.00. The van der Waals surface area contributed by atoms with E-state index >= 15 is 0 Å². The first-order chi connectivity index (χ1) is 24.5.